The van der Waals surface area contributed by atoms with E-state index in [2.05, 4.69) is 11.1 Å². The average molecular weight is 311 g/mol. The monoisotopic (exact) mass is 310 g/mol. The molecule has 20 heavy (non-hydrogen) atoms. The van der Waals surface area contributed by atoms with Crippen molar-refractivity contribution in [2.24, 2.45) is 0 Å². The number of thioether (sulfide) groups is 1. The van der Waals surface area contributed by atoms with Gasteiger partial charge in [0.2, 0.25) is 0 Å². The highest BCUT2D eigenvalue weighted by atomic mass is 35.5. The number of fused-ring (bicyclic) bond motifs is 1. The van der Waals surface area contributed by atoms with Crippen molar-refractivity contribution in [3.63, 3.8) is 0 Å². The lowest BCUT2D eigenvalue weighted by atomic mass is 10.3. The number of aromatic nitrogens is 2. The van der Waals surface area contributed by atoms with Crippen LogP contribution >= 0.6 is 23.4 Å². The van der Waals surface area contributed by atoms with Gasteiger partial charge >= 0.3 is 5.97 Å². The number of hydrogen-bond acceptors (Lipinski definition) is 3. The summed E-state index contributed by atoms with van der Waals surface area (Å²) in [4.78, 5) is 15.2. The predicted molar refractivity (Wildman–Crippen MR) is 82.5 cm³/mol. The van der Waals surface area contributed by atoms with Crippen LogP contribution in [0.2, 0.25) is 5.02 Å². The van der Waals surface area contributed by atoms with Crippen LogP contribution in [0, 0.1) is 0 Å². The molecule has 0 atom stereocenters. The number of carbonyl (C=O) groups is 1. The third-order valence-corrected chi connectivity index (χ3v) is 3.97. The van der Waals surface area contributed by atoms with Crippen LogP contribution in [0.5, 0.6) is 0 Å². The summed E-state index contributed by atoms with van der Waals surface area (Å²) in [7, 11) is 0. The number of nitrogens with zero attached hydrogens (tertiary/aromatic N) is 2. The first-order valence-corrected chi connectivity index (χ1v) is 7.48. The van der Waals surface area contributed by atoms with Gasteiger partial charge in [-0.2, -0.15) is 0 Å². The van der Waals surface area contributed by atoms with Crippen molar-refractivity contribution < 1.29 is 9.90 Å². The van der Waals surface area contributed by atoms with Gasteiger partial charge in [-0.25, -0.2) is 4.98 Å². The van der Waals surface area contributed by atoms with Crippen LogP contribution in [-0.4, -0.2) is 26.4 Å². The number of hydrogen-bond donors (Lipinski definition) is 1. The molecule has 1 aromatic heterocycles. The smallest absolute Gasteiger partial charge is 0.313 e. The van der Waals surface area contributed by atoms with Gasteiger partial charge in [0.05, 0.1) is 16.3 Å². The molecule has 0 radical (unpaired) electrons. The van der Waals surface area contributed by atoms with Crippen LogP contribution in [0.3, 0.4) is 0 Å². The van der Waals surface area contributed by atoms with Crippen molar-refractivity contribution in [1.82, 2.24) is 9.55 Å². The van der Waals surface area contributed by atoms with Gasteiger partial charge in [0.1, 0.15) is 5.52 Å². The number of halogens is 1. The fourth-order valence-corrected chi connectivity index (χ4v) is 2.73. The van der Waals surface area contributed by atoms with Crippen molar-refractivity contribution in [3.8, 4) is 0 Å². The molecule has 1 aromatic carbocycles. The molecular formula is C14H15ClN2O2S. The van der Waals surface area contributed by atoms with Crippen LogP contribution in [0.1, 0.15) is 13.8 Å². The van der Waals surface area contributed by atoms with Crippen molar-refractivity contribution in [2.75, 3.05) is 5.75 Å². The zero-order chi connectivity index (χ0) is 14.7. The highest BCUT2D eigenvalue weighted by Gasteiger charge is 2.13. The van der Waals surface area contributed by atoms with E-state index in [1.807, 2.05) is 30.5 Å². The number of carboxylic acids is 1. The SMILES string of the molecule is CC(C)=CCn1c(SCC(=O)O)nc2c(Cl)cccc21. The Morgan fingerprint density at radius 3 is 2.90 bits per heavy atom. The summed E-state index contributed by atoms with van der Waals surface area (Å²) in [6, 6.07) is 5.60. The van der Waals surface area contributed by atoms with E-state index in [0.29, 0.717) is 22.2 Å². The molecule has 0 saturated heterocycles. The molecule has 0 saturated carbocycles. The summed E-state index contributed by atoms with van der Waals surface area (Å²) in [5.41, 5.74) is 2.83. The number of carboxylic acid groups (broad SMARTS) is 1. The lowest BCUT2D eigenvalue weighted by Crippen LogP contribution is -2.02. The van der Waals surface area contributed by atoms with Crippen LogP contribution in [-0.2, 0) is 11.3 Å². The van der Waals surface area contributed by atoms with E-state index in [0.717, 1.165) is 5.52 Å². The molecule has 0 unspecified atom stereocenters. The fraction of sp³-hybridized carbons (Fsp3) is 0.286. The molecule has 1 N–H and O–H groups in total. The Labute approximate surface area is 126 Å². The lowest BCUT2D eigenvalue weighted by Gasteiger charge is -2.05. The number of para-hydroxylation sites is 1. The molecule has 0 aliphatic heterocycles. The van der Waals surface area contributed by atoms with E-state index in [1.165, 1.54) is 17.3 Å². The first-order valence-electron chi connectivity index (χ1n) is 6.11. The quantitative estimate of drug-likeness (QED) is 0.673. The number of allylic oxidation sites excluding steroid dienone is 2. The van der Waals surface area contributed by atoms with E-state index < -0.39 is 5.97 Å². The van der Waals surface area contributed by atoms with Gasteiger partial charge < -0.3 is 9.67 Å². The average Bonchev–Trinajstić information content (AvgIpc) is 2.73. The Balaban J connectivity index is 2.47. The maximum absolute atomic E-state index is 10.7. The number of benzene rings is 1. The molecular weight excluding hydrogens is 296 g/mol. The van der Waals surface area contributed by atoms with Crippen molar-refractivity contribution in [2.45, 2.75) is 25.5 Å². The number of rotatable bonds is 5. The van der Waals surface area contributed by atoms with E-state index >= 15 is 0 Å². The summed E-state index contributed by atoms with van der Waals surface area (Å²) in [6.07, 6.45) is 2.08. The zero-order valence-corrected chi connectivity index (χ0v) is 12.8. The van der Waals surface area contributed by atoms with Crippen molar-refractivity contribution in [1.29, 1.82) is 0 Å². The number of imidazole rings is 1. The summed E-state index contributed by atoms with van der Waals surface area (Å²) in [5, 5.41) is 10.1. The van der Waals surface area contributed by atoms with Crippen LogP contribution in [0.4, 0.5) is 0 Å². The zero-order valence-electron chi connectivity index (χ0n) is 11.3. The lowest BCUT2D eigenvalue weighted by molar-refractivity contribution is -0.133. The van der Waals surface area contributed by atoms with E-state index in [4.69, 9.17) is 16.7 Å². The first kappa shape index (κ1) is 14.9. The molecule has 2 rings (SSSR count). The third kappa shape index (κ3) is 3.35. The van der Waals surface area contributed by atoms with Crippen LogP contribution in [0.25, 0.3) is 11.0 Å². The molecule has 6 heteroatoms. The van der Waals surface area contributed by atoms with Gasteiger partial charge in [-0.05, 0) is 26.0 Å². The van der Waals surface area contributed by atoms with E-state index in [9.17, 15) is 4.79 Å². The van der Waals surface area contributed by atoms with E-state index in [1.54, 1.807) is 6.07 Å². The Hall–Kier alpha value is -1.46. The molecule has 1 heterocycles. The molecule has 0 aliphatic rings. The second kappa shape index (κ2) is 6.33. The minimum absolute atomic E-state index is 0.0181. The molecule has 0 amide bonds. The first-order chi connectivity index (χ1) is 9.49. The Morgan fingerprint density at radius 1 is 1.50 bits per heavy atom. The second-order valence-corrected chi connectivity index (χ2v) is 5.93. The second-order valence-electron chi connectivity index (χ2n) is 4.58. The summed E-state index contributed by atoms with van der Waals surface area (Å²) >= 11 is 7.36. The predicted octanol–water partition coefficient (Wildman–Crippen LogP) is 3.83. The molecule has 0 bridgehead atoms. The summed E-state index contributed by atoms with van der Waals surface area (Å²) in [5.74, 6) is -0.877. The van der Waals surface area contributed by atoms with Gasteiger partial charge in [0.25, 0.3) is 0 Å². The summed E-state index contributed by atoms with van der Waals surface area (Å²) < 4.78 is 1.99. The van der Waals surface area contributed by atoms with Crippen LogP contribution < -0.4 is 0 Å². The molecule has 0 spiro atoms. The Morgan fingerprint density at radius 2 is 2.25 bits per heavy atom. The largest absolute Gasteiger partial charge is 0.481 e. The van der Waals surface area contributed by atoms with Crippen molar-refractivity contribution in [3.05, 3.63) is 34.9 Å². The van der Waals surface area contributed by atoms with Gasteiger partial charge in [-0.15, -0.1) is 0 Å². The molecule has 2 aromatic rings. The normalized spacial score (nSPS) is 10.8. The standard InChI is InChI=1S/C14H15ClN2O2S/c1-9(2)6-7-17-11-5-3-4-10(15)13(11)16-14(17)20-8-12(18)19/h3-6H,7-8H2,1-2H3,(H,18,19). The Kier molecular flexibility index (Phi) is 4.73. The van der Waals surface area contributed by atoms with Gasteiger partial charge in [0, 0.05) is 6.54 Å². The number of aliphatic carboxylic acids is 1. The molecule has 0 aliphatic carbocycles. The summed E-state index contributed by atoms with van der Waals surface area (Å²) in [6.45, 7) is 4.70. The highest BCUT2D eigenvalue weighted by molar-refractivity contribution is 7.99. The fourth-order valence-electron chi connectivity index (χ4n) is 1.78. The third-order valence-electron chi connectivity index (χ3n) is 2.70. The van der Waals surface area contributed by atoms with Gasteiger partial charge in [-0.1, -0.05) is 41.1 Å². The minimum atomic E-state index is -0.859. The highest BCUT2D eigenvalue weighted by Crippen LogP contribution is 2.28. The minimum Gasteiger partial charge on any atom is -0.481 e. The maximum atomic E-state index is 10.7. The molecule has 0 fully saturated rings. The van der Waals surface area contributed by atoms with Crippen molar-refractivity contribution >= 4 is 40.4 Å². The molecule has 106 valence electrons. The Bertz CT molecular complexity index is 675. The van der Waals surface area contributed by atoms with Crippen LogP contribution in [0.15, 0.2) is 35.0 Å². The molecule has 4 nitrogen and oxygen atoms in total. The topological polar surface area (TPSA) is 55.1 Å². The van der Waals surface area contributed by atoms with E-state index in [-0.39, 0.29) is 5.75 Å². The maximum Gasteiger partial charge on any atom is 0.313 e. The van der Waals surface area contributed by atoms with Gasteiger partial charge in [-0.3, -0.25) is 4.79 Å². The van der Waals surface area contributed by atoms with Gasteiger partial charge in [0.15, 0.2) is 5.16 Å².